The zero-order valence-electron chi connectivity index (χ0n) is 12.0. The van der Waals surface area contributed by atoms with E-state index in [0.29, 0.717) is 17.6 Å². The van der Waals surface area contributed by atoms with E-state index in [1.54, 1.807) is 6.07 Å². The molecule has 0 heterocycles. The summed E-state index contributed by atoms with van der Waals surface area (Å²) in [6.07, 6.45) is 0. The van der Waals surface area contributed by atoms with Gasteiger partial charge in [0.1, 0.15) is 5.82 Å². The number of halogens is 2. The molecule has 1 N–H and O–H groups in total. The maximum atomic E-state index is 13.6. The predicted molar refractivity (Wildman–Crippen MR) is 83.6 cm³/mol. The average Bonchev–Trinajstić information content (AvgIpc) is 2.35. The van der Waals surface area contributed by atoms with Crippen molar-refractivity contribution in [3.63, 3.8) is 0 Å². The lowest BCUT2D eigenvalue weighted by Gasteiger charge is -2.14. The first kappa shape index (κ1) is 15.0. The lowest BCUT2D eigenvalue weighted by molar-refractivity contribution is 0.589. The Morgan fingerprint density at radius 3 is 2.55 bits per heavy atom. The Morgan fingerprint density at radius 1 is 1.15 bits per heavy atom. The van der Waals surface area contributed by atoms with E-state index >= 15 is 0 Å². The second-order valence-corrected chi connectivity index (χ2v) is 5.79. The van der Waals surface area contributed by atoms with Crippen LogP contribution in [0.1, 0.15) is 25.0 Å². The summed E-state index contributed by atoms with van der Waals surface area (Å²) < 4.78 is 13.6. The SMILES string of the molecule is Cc1cc(F)cc(-c2ccc(Cl)cc2CNC(C)C)c1. The quantitative estimate of drug-likeness (QED) is 0.840. The first-order valence-corrected chi connectivity index (χ1v) is 7.13. The summed E-state index contributed by atoms with van der Waals surface area (Å²) in [6.45, 7) is 6.80. The van der Waals surface area contributed by atoms with Crippen molar-refractivity contribution >= 4 is 11.6 Å². The van der Waals surface area contributed by atoms with Gasteiger partial charge in [-0.2, -0.15) is 0 Å². The predicted octanol–water partition coefficient (Wildman–Crippen LogP) is 4.95. The van der Waals surface area contributed by atoms with Crippen molar-refractivity contribution in [3.8, 4) is 11.1 Å². The van der Waals surface area contributed by atoms with Crippen LogP contribution in [0.15, 0.2) is 36.4 Å². The van der Waals surface area contributed by atoms with E-state index in [-0.39, 0.29) is 5.82 Å². The number of benzene rings is 2. The summed E-state index contributed by atoms with van der Waals surface area (Å²) in [7, 11) is 0. The third kappa shape index (κ3) is 3.81. The second kappa shape index (κ2) is 6.38. The Bertz CT molecular complexity index is 588. The summed E-state index contributed by atoms with van der Waals surface area (Å²) in [5, 5.41) is 4.07. The summed E-state index contributed by atoms with van der Waals surface area (Å²) in [4.78, 5) is 0. The lowest BCUT2D eigenvalue weighted by Crippen LogP contribution is -2.22. The Hall–Kier alpha value is -1.38. The largest absolute Gasteiger partial charge is 0.310 e. The van der Waals surface area contributed by atoms with Crippen LogP contribution < -0.4 is 5.32 Å². The molecule has 2 aromatic rings. The van der Waals surface area contributed by atoms with Gasteiger partial charge in [-0.25, -0.2) is 4.39 Å². The van der Waals surface area contributed by atoms with E-state index in [2.05, 4.69) is 19.2 Å². The van der Waals surface area contributed by atoms with Crippen molar-refractivity contribution in [1.29, 1.82) is 0 Å². The van der Waals surface area contributed by atoms with E-state index in [1.807, 2.05) is 31.2 Å². The van der Waals surface area contributed by atoms with Crippen LogP contribution >= 0.6 is 11.6 Å². The van der Waals surface area contributed by atoms with Crippen LogP contribution in [0, 0.1) is 12.7 Å². The van der Waals surface area contributed by atoms with Gasteiger partial charge in [0.25, 0.3) is 0 Å². The highest BCUT2D eigenvalue weighted by atomic mass is 35.5. The molecule has 20 heavy (non-hydrogen) atoms. The summed E-state index contributed by atoms with van der Waals surface area (Å²) in [5.41, 5.74) is 3.90. The topological polar surface area (TPSA) is 12.0 Å². The summed E-state index contributed by atoms with van der Waals surface area (Å²) in [6, 6.07) is 11.2. The van der Waals surface area contributed by atoms with Crippen molar-refractivity contribution in [2.75, 3.05) is 0 Å². The van der Waals surface area contributed by atoms with Gasteiger partial charge in [-0.1, -0.05) is 37.6 Å². The fourth-order valence-corrected chi connectivity index (χ4v) is 2.39. The van der Waals surface area contributed by atoms with Crippen molar-refractivity contribution in [2.45, 2.75) is 33.4 Å². The van der Waals surface area contributed by atoms with Gasteiger partial charge in [0.15, 0.2) is 0 Å². The van der Waals surface area contributed by atoms with Crippen LogP contribution in [-0.4, -0.2) is 6.04 Å². The second-order valence-electron chi connectivity index (χ2n) is 5.35. The number of rotatable bonds is 4. The van der Waals surface area contributed by atoms with Gasteiger partial charge < -0.3 is 5.32 Å². The van der Waals surface area contributed by atoms with Crippen LogP contribution in [0.3, 0.4) is 0 Å². The number of hydrogen-bond donors (Lipinski definition) is 1. The highest BCUT2D eigenvalue weighted by molar-refractivity contribution is 6.30. The van der Waals surface area contributed by atoms with Crippen LogP contribution in [0.5, 0.6) is 0 Å². The van der Waals surface area contributed by atoms with Crippen LogP contribution in [0.25, 0.3) is 11.1 Å². The first-order chi connectivity index (χ1) is 9.45. The molecule has 0 amide bonds. The average molecular weight is 292 g/mol. The van der Waals surface area contributed by atoms with Gasteiger partial charge in [-0.15, -0.1) is 0 Å². The molecule has 1 nitrogen and oxygen atoms in total. The number of hydrogen-bond acceptors (Lipinski definition) is 1. The zero-order valence-corrected chi connectivity index (χ0v) is 12.8. The highest BCUT2D eigenvalue weighted by Crippen LogP contribution is 2.28. The smallest absolute Gasteiger partial charge is 0.124 e. The molecule has 3 heteroatoms. The Morgan fingerprint density at radius 2 is 1.90 bits per heavy atom. The molecule has 2 rings (SSSR count). The van der Waals surface area contributed by atoms with Gasteiger partial charge >= 0.3 is 0 Å². The van der Waals surface area contributed by atoms with Gasteiger partial charge in [0, 0.05) is 17.6 Å². The molecular weight excluding hydrogens is 273 g/mol. The molecule has 0 spiro atoms. The fraction of sp³-hybridized carbons (Fsp3) is 0.294. The fourth-order valence-electron chi connectivity index (χ4n) is 2.20. The number of aryl methyl sites for hydroxylation is 1. The van der Waals surface area contributed by atoms with Gasteiger partial charge in [0.05, 0.1) is 0 Å². The molecule has 0 bridgehead atoms. The minimum Gasteiger partial charge on any atom is -0.310 e. The van der Waals surface area contributed by atoms with Gasteiger partial charge in [0.2, 0.25) is 0 Å². The Kier molecular flexibility index (Phi) is 4.79. The number of nitrogens with one attached hydrogen (secondary N) is 1. The molecule has 0 saturated carbocycles. The zero-order chi connectivity index (χ0) is 14.7. The van der Waals surface area contributed by atoms with E-state index in [0.717, 1.165) is 22.3 Å². The molecule has 0 saturated heterocycles. The molecule has 0 aliphatic carbocycles. The Labute approximate surface area is 124 Å². The van der Waals surface area contributed by atoms with Crippen molar-refractivity contribution in [2.24, 2.45) is 0 Å². The molecule has 0 fully saturated rings. The van der Waals surface area contributed by atoms with E-state index < -0.39 is 0 Å². The molecule has 0 aliphatic heterocycles. The standard InChI is InChI=1S/C17H19ClFN/c1-11(2)20-10-14-8-15(18)4-5-17(14)13-6-12(3)7-16(19)9-13/h4-9,11,20H,10H2,1-3H3. The summed E-state index contributed by atoms with van der Waals surface area (Å²) >= 11 is 6.08. The lowest BCUT2D eigenvalue weighted by atomic mass is 9.98. The minimum absolute atomic E-state index is 0.210. The van der Waals surface area contributed by atoms with Crippen LogP contribution in [0.2, 0.25) is 5.02 Å². The first-order valence-electron chi connectivity index (χ1n) is 6.75. The molecule has 0 radical (unpaired) electrons. The maximum Gasteiger partial charge on any atom is 0.124 e. The molecule has 0 unspecified atom stereocenters. The monoisotopic (exact) mass is 291 g/mol. The molecule has 106 valence electrons. The third-order valence-electron chi connectivity index (χ3n) is 3.12. The van der Waals surface area contributed by atoms with Crippen molar-refractivity contribution < 1.29 is 4.39 Å². The van der Waals surface area contributed by atoms with Crippen LogP contribution in [-0.2, 0) is 6.54 Å². The molecule has 0 aliphatic rings. The Balaban J connectivity index is 2.44. The normalized spacial score (nSPS) is 11.1. The summed E-state index contributed by atoms with van der Waals surface area (Å²) in [5.74, 6) is -0.210. The van der Waals surface area contributed by atoms with E-state index in [1.165, 1.54) is 6.07 Å². The molecule has 0 atom stereocenters. The van der Waals surface area contributed by atoms with Crippen molar-refractivity contribution in [3.05, 3.63) is 58.4 Å². The molecular formula is C17H19ClFN. The minimum atomic E-state index is -0.210. The molecule has 0 aromatic heterocycles. The van der Waals surface area contributed by atoms with Gasteiger partial charge in [-0.05, 0) is 53.4 Å². The third-order valence-corrected chi connectivity index (χ3v) is 3.36. The van der Waals surface area contributed by atoms with E-state index in [4.69, 9.17) is 11.6 Å². The maximum absolute atomic E-state index is 13.6. The van der Waals surface area contributed by atoms with Crippen molar-refractivity contribution in [1.82, 2.24) is 5.32 Å². The van der Waals surface area contributed by atoms with E-state index in [9.17, 15) is 4.39 Å². The highest BCUT2D eigenvalue weighted by Gasteiger charge is 2.08. The molecule has 2 aromatic carbocycles. The van der Waals surface area contributed by atoms with Gasteiger partial charge in [-0.3, -0.25) is 0 Å². The van der Waals surface area contributed by atoms with Crippen LogP contribution in [0.4, 0.5) is 4.39 Å².